The minimum absolute atomic E-state index is 0.0226. The fraction of sp³-hybridized carbons (Fsp3) is 0.433. The standard InChI is InChI=1S/C30H35F3N4O5S/c1-18-14-19(27-23(32)16-21(17-24(27)33)43(40,41)37-11-8-20(31)9-12-37)15-26-22(18)6-7-25(35-26)28(38)34-10-13-36(5)29(39)42-30(2,3)4/h6-7,14-17,20H,8-13H2,1-5H3,(H,34,38). The highest BCUT2D eigenvalue weighted by Crippen LogP contribution is 2.33. The van der Waals surface area contributed by atoms with E-state index in [2.05, 4.69) is 10.3 Å². The molecular weight excluding hydrogens is 585 g/mol. The number of nitrogens with zero attached hydrogens (tertiary/aromatic N) is 3. The number of ether oxygens (including phenoxy) is 1. The number of likely N-dealkylation sites (N-methyl/N-ethyl adjacent to an activating group) is 1. The molecule has 0 aliphatic carbocycles. The molecule has 1 fully saturated rings. The van der Waals surface area contributed by atoms with E-state index >= 15 is 8.78 Å². The Labute approximate surface area is 249 Å². The third-order valence-corrected chi connectivity index (χ3v) is 8.89. The predicted molar refractivity (Wildman–Crippen MR) is 156 cm³/mol. The number of halogens is 3. The molecule has 9 nitrogen and oxygen atoms in total. The van der Waals surface area contributed by atoms with Crippen molar-refractivity contribution in [3.05, 3.63) is 59.3 Å². The zero-order valence-corrected chi connectivity index (χ0v) is 25.5. The lowest BCUT2D eigenvalue weighted by atomic mass is 9.99. The van der Waals surface area contributed by atoms with Crippen molar-refractivity contribution < 1.29 is 35.9 Å². The summed E-state index contributed by atoms with van der Waals surface area (Å²) in [6.45, 7) is 7.16. The monoisotopic (exact) mass is 620 g/mol. The normalized spacial score (nSPS) is 15.0. The molecule has 1 saturated heterocycles. The average Bonchev–Trinajstić information content (AvgIpc) is 2.91. The summed E-state index contributed by atoms with van der Waals surface area (Å²) in [5.41, 5.74) is 0.0253. The lowest BCUT2D eigenvalue weighted by Gasteiger charge is -2.28. The Hall–Kier alpha value is -3.71. The van der Waals surface area contributed by atoms with Gasteiger partial charge in [-0.25, -0.2) is 31.4 Å². The maximum atomic E-state index is 15.3. The largest absolute Gasteiger partial charge is 0.444 e. The van der Waals surface area contributed by atoms with Crippen molar-refractivity contribution in [2.75, 3.05) is 33.2 Å². The number of aromatic nitrogens is 1. The quantitative estimate of drug-likeness (QED) is 0.389. The second-order valence-corrected chi connectivity index (χ2v) is 13.5. The SMILES string of the molecule is Cc1cc(-c2c(F)cc(S(=O)(=O)N3CCC(F)CC3)cc2F)cc2nc(C(=O)NCCN(C)C(=O)OC(C)(C)C)ccc12. The number of piperidine rings is 1. The van der Waals surface area contributed by atoms with E-state index in [0.717, 1.165) is 16.4 Å². The molecule has 0 atom stereocenters. The molecule has 1 aliphatic heterocycles. The molecule has 0 saturated carbocycles. The number of amides is 2. The smallest absolute Gasteiger partial charge is 0.410 e. The summed E-state index contributed by atoms with van der Waals surface area (Å²) in [6.07, 6.45) is -1.59. The van der Waals surface area contributed by atoms with Crippen LogP contribution in [-0.4, -0.2) is 79.6 Å². The Morgan fingerprint density at radius 1 is 1.09 bits per heavy atom. The Morgan fingerprint density at radius 3 is 2.33 bits per heavy atom. The fourth-order valence-electron chi connectivity index (χ4n) is 4.74. The fourth-order valence-corrected chi connectivity index (χ4v) is 6.23. The number of fused-ring (bicyclic) bond motifs is 1. The highest BCUT2D eigenvalue weighted by atomic mass is 32.2. The summed E-state index contributed by atoms with van der Waals surface area (Å²) in [7, 11) is -2.66. The van der Waals surface area contributed by atoms with Crippen molar-refractivity contribution in [3.8, 4) is 11.1 Å². The van der Waals surface area contributed by atoms with Crippen LogP contribution in [0.1, 0.15) is 49.7 Å². The molecule has 2 aromatic carbocycles. The van der Waals surface area contributed by atoms with Gasteiger partial charge in [0, 0.05) is 38.6 Å². The van der Waals surface area contributed by atoms with E-state index in [-0.39, 0.29) is 50.3 Å². The van der Waals surface area contributed by atoms with Gasteiger partial charge >= 0.3 is 6.09 Å². The molecule has 43 heavy (non-hydrogen) atoms. The van der Waals surface area contributed by atoms with Gasteiger partial charge in [0.15, 0.2) is 0 Å². The van der Waals surface area contributed by atoms with Gasteiger partial charge in [0.1, 0.15) is 29.1 Å². The number of pyridine rings is 1. The summed E-state index contributed by atoms with van der Waals surface area (Å²) in [5, 5.41) is 3.34. The van der Waals surface area contributed by atoms with E-state index in [1.807, 2.05) is 0 Å². The molecule has 0 bridgehead atoms. The number of hydrogen-bond acceptors (Lipinski definition) is 6. The van der Waals surface area contributed by atoms with Crippen LogP contribution in [0.25, 0.3) is 22.0 Å². The third kappa shape index (κ3) is 7.45. The van der Waals surface area contributed by atoms with Crippen LogP contribution in [0.2, 0.25) is 0 Å². The van der Waals surface area contributed by atoms with E-state index in [1.165, 1.54) is 17.0 Å². The van der Waals surface area contributed by atoms with Crippen LogP contribution < -0.4 is 5.32 Å². The molecule has 232 valence electrons. The van der Waals surface area contributed by atoms with Crippen molar-refractivity contribution in [2.24, 2.45) is 0 Å². The van der Waals surface area contributed by atoms with Crippen molar-refractivity contribution in [2.45, 2.75) is 57.2 Å². The Morgan fingerprint density at radius 2 is 1.72 bits per heavy atom. The van der Waals surface area contributed by atoms with Crippen LogP contribution >= 0.6 is 0 Å². The first-order chi connectivity index (χ1) is 20.1. The highest BCUT2D eigenvalue weighted by Gasteiger charge is 2.31. The van der Waals surface area contributed by atoms with Crippen molar-refractivity contribution in [1.82, 2.24) is 19.5 Å². The van der Waals surface area contributed by atoms with Gasteiger partial charge in [0.25, 0.3) is 5.91 Å². The third-order valence-electron chi connectivity index (χ3n) is 7.01. The minimum Gasteiger partial charge on any atom is -0.444 e. The van der Waals surface area contributed by atoms with Gasteiger partial charge in [-0.3, -0.25) is 4.79 Å². The molecule has 1 aliphatic rings. The molecule has 2 heterocycles. The van der Waals surface area contributed by atoms with Gasteiger partial charge in [-0.2, -0.15) is 4.31 Å². The van der Waals surface area contributed by atoms with E-state index < -0.39 is 55.9 Å². The second-order valence-electron chi connectivity index (χ2n) is 11.6. The van der Waals surface area contributed by atoms with Crippen LogP contribution in [0, 0.1) is 18.6 Å². The number of nitrogens with one attached hydrogen (secondary N) is 1. The first-order valence-electron chi connectivity index (χ1n) is 13.8. The Bertz CT molecular complexity index is 1630. The zero-order valence-electron chi connectivity index (χ0n) is 24.7. The summed E-state index contributed by atoms with van der Waals surface area (Å²) >= 11 is 0. The van der Waals surface area contributed by atoms with Gasteiger partial charge in [-0.1, -0.05) is 12.1 Å². The molecule has 0 spiro atoms. The first-order valence-corrected chi connectivity index (χ1v) is 15.3. The van der Waals surface area contributed by atoms with Gasteiger partial charge in [0.05, 0.1) is 16.0 Å². The number of hydrogen-bond donors (Lipinski definition) is 1. The lowest BCUT2D eigenvalue weighted by Crippen LogP contribution is -2.39. The van der Waals surface area contributed by atoms with Gasteiger partial charge in [-0.05, 0) is 75.9 Å². The number of carbonyl (C=O) groups is 2. The molecule has 3 aromatic rings. The maximum Gasteiger partial charge on any atom is 0.410 e. The lowest BCUT2D eigenvalue weighted by molar-refractivity contribution is 0.0299. The van der Waals surface area contributed by atoms with Crippen molar-refractivity contribution in [3.63, 3.8) is 0 Å². The van der Waals surface area contributed by atoms with Crippen LogP contribution in [0.5, 0.6) is 0 Å². The molecule has 13 heteroatoms. The maximum absolute atomic E-state index is 15.3. The number of benzene rings is 2. The molecule has 2 amide bonds. The van der Waals surface area contributed by atoms with E-state index in [9.17, 15) is 22.4 Å². The summed E-state index contributed by atoms with van der Waals surface area (Å²) in [6, 6.07) is 7.70. The van der Waals surface area contributed by atoms with Crippen molar-refractivity contribution >= 4 is 32.9 Å². The van der Waals surface area contributed by atoms with E-state index in [1.54, 1.807) is 46.9 Å². The van der Waals surface area contributed by atoms with E-state index in [4.69, 9.17) is 4.74 Å². The number of rotatable bonds is 7. The van der Waals surface area contributed by atoms with Gasteiger partial charge in [-0.15, -0.1) is 0 Å². The minimum atomic E-state index is -4.21. The van der Waals surface area contributed by atoms with E-state index in [0.29, 0.717) is 16.5 Å². The average molecular weight is 621 g/mol. The Balaban J connectivity index is 1.55. The molecule has 1 N–H and O–H groups in total. The molecule has 0 unspecified atom stereocenters. The van der Waals surface area contributed by atoms with Gasteiger partial charge in [0.2, 0.25) is 10.0 Å². The number of carbonyl (C=O) groups excluding carboxylic acids is 2. The van der Waals surface area contributed by atoms with Crippen LogP contribution in [0.15, 0.2) is 41.3 Å². The van der Waals surface area contributed by atoms with Crippen LogP contribution in [0.3, 0.4) is 0 Å². The topological polar surface area (TPSA) is 109 Å². The number of alkyl halides is 1. The highest BCUT2D eigenvalue weighted by molar-refractivity contribution is 7.89. The Kier molecular flexibility index (Phi) is 9.36. The summed E-state index contributed by atoms with van der Waals surface area (Å²) < 4.78 is 76.4. The van der Waals surface area contributed by atoms with Crippen molar-refractivity contribution in [1.29, 1.82) is 0 Å². The number of aryl methyl sites for hydroxylation is 1. The van der Waals surface area contributed by atoms with Gasteiger partial charge < -0.3 is 15.0 Å². The zero-order chi connectivity index (χ0) is 31.7. The molecule has 4 rings (SSSR count). The second kappa shape index (κ2) is 12.5. The predicted octanol–water partition coefficient (Wildman–Crippen LogP) is 5.21. The summed E-state index contributed by atoms with van der Waals surface area (Å²) in [4.78, 5) is 30.1. The molecule has 1 aromatic heterocycles. The van der Waals surface area contributed by atoms with Crippen LogP contribution in [-0.2, 0) is 14.8 Å². The number of sulfonamides is 1. The molecule has 0 radical (unpaired) electrons. The summed E-state index contributed by atoms with van der Waals surface area (Å²) in [5.74, 6) is -2.67. The molecular formula is C30H35F3N4O5S. The first kappa shape index (κ1) is 32.2. The van der Waals surface area contributed by atoms with Crippen LogP contribution in [0.4, 0.5) is 18.0 Å².